The average Bonchev–Trinajstić information content (AvgIpc) is 2.72. The third kappa shape index (κ3) is 4.39. The molecule has 2 heterocycles. The number of amides is 2. The number of ether oxygens (including phenoxy) is 1. The molecule has 136 valence electrons. The first-order valence-corrected chi connectivity index (χ1v) is 8.77. The van der Waals surface area contributed by atoms with E-state index in [0.717, 1.165) is 11.3 Å². The molecule has 2 aromatic rings. The molecule has 3 rings (SSSR count). The monoisotopic (exact) mass is 353 g/mol. The topological polar surface area (TPSA) is 62.7 Å². The minimum Gasteiger partial charge on any atom is -0.497 e. The number of aromatic nitrogens is 1. The molecule has 0 spiro atoms. The highest BCUT2D eigenvalue weighted by Crippen LogP contribution is 2.15. The molecule has 0 radical (unpaired) electrons. The standard InChI is InChI=1S/C20H23N3O3/c1-26-18-6-2-4-16(14-18)7-8-19(24)22-10-12-23(13-11-22)20(25)17-5-3-9-21-15-17/h2-6,9,14-15H,7-8,10-13H2,1H3. The van der Waals surface area contributed by atoms with E-state index in [-0.39, 0.29) is 11.8 Å². The largest absolute Gasteiger partial charge is 0.497 e. The number of piperazine rings is 1. The van der Waals surface area contributed by atoms with Crippen molar-refractivity contribution in [1.29, 1.82) is 0 Å². The van der Waals surface area contributed by atoms with Crippen LogP contribution in [-0.4, -0.2) is 59.9 Å². The number of aryl methyl sites for hydroxylation is 1. The van der Waals surface area contributed by atoms with Crippen LogP contribution in [0.2, 0.25) is 0 Å². The third-order valence-electron chi connectivity index (χ3n) is 4.59. The lowest BCUT2D eigenvalue weighted by Gasteiger charge is -2.34. The zero-order valence-corrected chi connectivity index (χ0v) is 14.9. The first-order valence-electron chi connectivity index (χ1n) is 8.77. The summed E-state index contributed by atoms with van der Waals surface area (Å²) in [5.41, 5.74) is 1.67. The molecule has 26 heavy (non-hydrogen) atoms. The maximum atomic E-state index is 12.5. The normalized spacial score (nSPS) is 14.2. The van der Waals surface area contributed by atoms with Crippen LogP contribution in [0.4, 0.5) is 0 Å². The summed E-state index contributed by atoms with van der Waals surface area (Å²) in [6.45, 7) is 2.25. The minimum atomic E-state index is -0.0263. The molecular weight excluding hydrogens is 330 g/mol. The lowest BCUT2D eigenvalue weighted by molar-refractivity contribution is -0.132. The molecule has 0 unspecified atom stereocenters. The molecular formula is C20H23N3O3. The number of nitrogens with zero attached hydrogens (tertiary/aromatic N) is 3. The molecule has 0 saturated carbocycles. The first kappa shape index (κ1) is 17.9. The Hall–Kier alpha value is -2.89. The van der Waals surface area contributed by atoms with Gasteiger partial charge in [-0.2, -0.15) is 0 Å². The van der Waals surface area contributed by atoms with E-state index >= 15 is 0 Å². The van der Waals surface area contributed by atoms with E-state index in [1.807, 2.05) is 29.2 Å². The molecule has 6 nitrogen and oxygen atoms in total. The van der Waals surface area contributed by atoms with Crippen LogP contribution in [0.1, 0.15) is 22.3 Å². The van der Waals surface area contributed by atoms with Crippen molar-refractivity contribution in [2.45, 2.75) is 12.8 Å². The van der Waals surface area contributed by atoms with E-state index < -0.39 is 0 Å². The second kappa shape index (κ2) is 8.47. The van der Waals surface area contributed by atoms with E-state index in [4.69, 9.17) is 4.74 Å². The van der Waals surface area contributed by atoms with Crippen molar-refractivity contribution in [2.24, 2.45) is 0 Å². The van der Waals surface area contributed by atoms with Crippen LogP contribution >= 0.6 is 0 Å². The van der Waals surface area contributed by atoms with Gasteiger partial charge in [-0.1, -0.05) is 12.1 Å². The van der Waals surface area contributed by atoms with Gasteiger partial charge in [0.25, 0.3) is 5.91 Å². The fourth-order valence-corrected chi connectivity index (χ4v) is 3.07. The highest BCUT2D eigenvalue weighted by molar-refractivity contribution is 5.94. The number of benzene rings is 1. The molecule has 1 fully saturated rings. The first-order chi connectivity index (χ1) is 12.7. The van der Waals surface area contributed by atoms with E-state index in [9.17, 15) is 9.59 Å². The minimum absolute atomic E-state index is 0.0263. The van der Waals surface area contributed by atoms with E-state index in [0.29, 0.717) is 44.6 Å². The quantitative estimate of drug-likeness (QED) is 0.825. The van der Waals surface area contributed by atoms with Gasteiger partial charge in [-0.25, -0.2) is 0 Å². The van der Waals surface area contributed by atoms with Crippen LogP contribution < -0.4 is 4.74 Å². The van der Waals surface area contributed by atoms with Crippen LogP contribution in [0.25, 0.3) is 0 Å². The summed E-state index contributed by atoms with van der Waals surface area (Å²) in [5, 5.41) is 0. The predicted molar refractivity (Wildman–Crippen MR) is 98.0 cm³/mol. The van der Waals surface area contributed by atoms with Crippen molar-refractivity contribution < 1.29 is 14.3 Å². The summed E-state index contributed by atoms with van der Waals surface area (Å²) in [6, 6.07) is 11.3. The summed E-state index contributed by atoms with van der Waals surface area (Å²) < 4.78 is 5.21. The van der Waals surface area contributed by atoms with Gasteiger partial charge in [0.1, 0.15) is 5.75 Å². The van der Waals surface area contributed by atoms with Crippen LogP contribution in [0.5, 0.6) is 5.75 Å². The number of carbonyl (C=O) groups is 2. The second-order valence-electron chi connectivity index (χ2n) is 6.27. The number of carbonyl (C=O) groups excluding carboxylic acids is 2. The van der Waals surface area contributed by atoms with E-state index in [1.165, 1.54) is 0 Å². The molecule has 0 N–H and O–H groups in total. The number of pyridine rings is 1. The maximum Gasteiger partial charge on any atom is 0.255 e. The van der Waals surface area contributed by atoms with Crippen molar-refractivity contribution in [2.75, 3.05) is 33.3 Å². The maximum absolute atomic E-state index is 12.5. The van der Waals surface area contributed by atoms with Crippen molar-refractivity contribution in [3.05, 3.63) is 59.9 Å². The van der Waals surface area contributed by atoms with Gasteiger partial charge in [0.2, 0.25) is 5.91 Å². The van der Waals surface area contributed by atoms with Gasteiger partial charge in [-0.05, 0) is 36.2 Å². The Bertz CT molecular complexity index is 756. The average molecular weight is 353 g/mol. The van der Waals surface area contributed by atoms with Crippen molar-refractivity contribution >= 4 is 11.8 Å². The van der Waals surface area contributed by atoms with Gasteiger partial charge < -0.3 is 14.5 Å². The number of hydrogen-bond acceptors (Lipinski definition) is 4. The zero-order chi connectivity index (χ0) is 18.4. The zero-order valence-electron chi connectivity index (χ0n) is 14.9. The SMILES string of the molecule is COc1cccc(CCC(=O)N2CCN(C(=O)c3cccnc3)CC2)c1. The van der Waals surface area contributed by atoms with E-state index in [2.05, 4.69) is 4.98 Å². The van der Waals surface area contributed by atoms with Gasteiger partial charge in [-0.15, -0.1) is 0 Å². The summed E-state index contributed by atoms with van der Waals surface area (Å²) in [6.07, 6.45) is 4.37. The molecule has 6 heteroatoms. The number of hydrogen-bond donors (Lipinski definition) is 0. The van der Waals surface area contributed by atoms with Crippen LogP contribution in [-0.2, 0) is 11.2 Å². The molecule has 0 bridgehead atoms. The predicted octanol–water partition coefficient (Wildman–Crippen LogP) is 2.01. The molecule has 2 amide bonds. The highest BCUT2D eigenvalue weighted by atomic mass is 16.5. The summed E-state index contributed by atoms with van der Waals surface area (Å²) in [5.74, 6) is 0.903. The van der Waals surface area contributed by atoms with Crippen LogP contribution in [0.3, 0.4) is 0 Å². The Balaban J connectivity index is 1.48. The molecule has 1 saturated heterocycles. The smallest absolute Gasteiger partial charge is 0.255 e. The molecule has 1 aliphatic heterocycles. The van der Waals surface area contributed by atoms with Crippen LogP contribution in [0, 0.1) is 0 Å². The van der Waals surface area contributed by atoms with Gasteiger partial charge in [0.15, 0.2) is 0 Å². The fraction of sp³-hybridized carbons (Fsp3) is 0.350. The number of rotatable bonds is 5. The van der Waals surface area contributed by atoms with Gasteiger partial charge in [-0.3, -0.25) is 14.6 Å². The second-order valence-corrected chi connectivity index (χ2v) is 6.27. The molecule has 1 aromatic carbocycles. The van der Waals surface area contributed by atoms with E-state index in [1.54, 1.807) is 36.5 Å². The summed E-state index contributed by atoms with van der Waals surface area (Å²) in [4.78, 5) is 32.5. The Kier molecular flexibility index (Phi) is 5.84. The van der Waals surface area contributed by atoms with Crippen LogP contribution in [0.15, 0.2) is 48.8 Å². The lowest BCUT2D eigenvalue weighted by Crippen LogP contribution is -2.50. The Morgan fingerprint density at radius 2 is 1.85 bits per heavy atom. The molecule has 0 aliphatic carbocycles. The Morgan fingerprint density at radius 1 is 1.08 bits per heavy atom. The lowest BCUT2D eigenvalue weighted by atomic mass is 10.1. The highest BCUT2D eigenvalue weighted by Gasteiger charge is 2.24. The summed E-state index contributed by atoms with van der Waals surface area (Å²) >= 11 is 0. The molecule has 1 aliphatic rings. The molecule has 0 atom stereocenters. The van der Waals surface area contributed by atoms with Gasteiger partial charge in [0.05, 0.1) is 12.7 Å². The number of methoxy groups -OCH3 is 1. The fourth-order valence-electron chi connectivity index (χ4n) is 3.07. The van der Waals surface area contributed by atoms with Crippen molar-refractivity contribution in [3.63, 3.8) is 0 Å². The Labute approximate surface area is 153 Å². The third-order valence-corrected chi connectivity index (χ3v) is 4.59. The molecule has 1 aromatic heterocycles. The van der Waals surface area contributed by atoms with Gasteiger partial charge >= 0.3 is 0 Å². The van der Waals surface area contributed by atoms with Crippen molar-refractivity contribution in [3.8, 4) is 5.75 Å². The summed E-state index contributed by atoms with van der Waals surface area (Å²) in [7, 11) is 1.64. The Morgan fingerprint density at radius 3 is 2.54 bits per heavy atom. The van der Waals surface area contributed by atoms with Gasteiger partial charge in [0, 0.05) is 45.0 Å². The van der Waals surface area contributed by atoms with Crippen molar-refractivity contribution in [1.82, 2.24) is 14.8 Å².